The fraction of sp³-hybridized carbons (Fsp3) is 0.333. The Morgan fingerprint density at radius 2 is 2.19 bits per heavy atom. The monoisotopic (exact) mass is 303 g/mol. The minimum absolute atomic E-state index is 0.0629. The Morgan fingerprint density at radius 1 is 1.38 bits per heavy atom. The molecule has 1 aromatic heterocycles. The Kier molecular flexibility index (Phi) is 3.79. The van der Waals surface area contributed by atoms with Gasteiger partial charge in [0.15, 0.2) is 0 Å². The van der Waals surface area contributed by atoms with Gasteiger partial charge in [-0.05, 0) is 18.9 Å². The van der Waals surface area contributed by atoms with Gasteiger partial charge in [-0.1, -0.05) is 29.8 Å². The molecule has 1 aliphatic rings. The average molecular weight is 303 g/mol. The summed E-state index contributed by atoms with van der Waals surface area (Å²) in [4.78, 5) is 12.5. The highest BCUT2D eigenvalue weighted by molar-refractivity contribution is 7.17. The normalized spacial score (nSPS) is 22.6. The molecule has 1 amide bonds. The van der Waals surface area contributed by atoms with E-state index in [-0.39, 0.29) is 23.7 Å². The van der Waals surface area contributed by atoms with Crippen molar-refractivity contribution < 1.29 is 10.0 Å². The van der Waals surface area contributed by atoms with Gasteiger partial charge in [0.25, 0.3) is 5.91 Å². The number of fused-ring (bicyclic) bond motifs is 1. The Morgan fingerprint density at radius 3 is 3.00 bits per heavy atom. The van der Waals surface area contributed by atoms with Gasteiger partial charge < -0.3 is 16.3 Å². The van der Waals surface area contributed by atoms with Crippen LogP contribution in [-0.2, 0) is 0 Å². The molecule has 3 rings (SSSR count). The highest BCUT2D eigenvalue weighted by Gasteiger charge is 2.32. The molecule has 2 atom stereocenters. The van der Waals surface area contributed by atoms with Gasteiger partial charge in [-0.2, -0.15) is 0 Å². The molecule has 0 bridgehead atoms. The smallest absolute Gasteiger partial charge is 0.252 e. The maximum atomic E-state index is 12.5. The molecule has 6 heteroatoms. The number of benzene rings is 1. The number of amidine groups is 1. The Hall–Kier alpha value is -2.08. The standard InChI is InChI=1S/C15H17N3O2S/c16-14(18-20)10-5-3-6-12(10)17-15(19)11-8-21-13-7-2-1-4-9(11)13/h1-2,4,7-8,10,12,20H,3,5-6H2,(H2,16,18)(H,17,19). The Balaban J connectivity index is 1.80. The summed E-state index contributed by atoms with van der Waals surface area (Å²) in [7, 11) is 0. The molecule has 1 heterocycles. The van der Waals surface area contributed by atoms with Gasteiger partial charge in [0.2, 0.25) is 0 Å². The summed E-state index contributed by atoms with van der Waals surface area (Å²) in [6, 6.07) is 7.79. The molecule has 0 radical (unpaired) electrons. The molecule has 1 saturated carbocycles. The predicted molar refractivity (Wildman–Crippen MR) is 83.8 cm³/mol. The molecule has 2 aromatic rings. The van der Waals surface area contributed by atoms with Crippen molar-refractivity contribution in [3.8, 4) is 0 Å². The zero-order valence-corrected chi connectivity index (χ0v) is 12.3. The van der Waals surface area contributed by atoms with Crippen LogP contribution in [0.5, 0.6) is 0 Å². The highest BCUT2D eigenvalue weighted by atomic mass is 32.1. The maximum Gasteiger partial charge on any atom is 0.252 e. The van der Waals surface area contributed by atoms with E-state index < -0.39 is 0 Å². The molecule has 5 nitrogen and oxygen atoms in total. The fourth-order valence-electron chi connectivity index (χ4n) is 2.96. The topological polar surface area (TPSA) is 87.7 Å². The molecule has 4 N–H and O–H groups in total. The van der Waals surface area contributed by atoms with Crippen LogP contribution in [0.3, 0.4) is 0 Å². The first-order valence-corrected chi connectivity index (χ1v) is 7.83. The third-order valence-corrected chi connectivity index (χ3v) is 5.02. The molecular weight excluding hydrogens is 286 g/mol. The number of carbonyl (C=O) groups excluding carboxylic acids is 1. The van der Waals surface area contributed by atoms with Crippen LogP contribution in [0.25, 0.3) is 10.1 Å². The summed E-state index contributed by atoms with van der Waals surface area (Å²) in [6.45, 7) is 0. The van der Waals surface area contributed by atoms with Gasteiger partial charge in [0.05, 0.1) is 5.56 Å². The highest BCUT2D eigenvalue weighted by Crippen LogP contribution is 2.28. The van der Waals surface area contributed by atoms with Crippen molar-refractivity contribution in [1.29, 1.82) is 0 Å². The maximum absolute atomic E-state index is 12.5. The van der Waals surface area contributed by atoms with Crippen LogP contribution in [0.1, 0.15) is 29.6 Å². The third kappa shape index (κ3) is 2.58. The first-order valence-electron chi connectivity index (χ1n) is 6.95. The third-order valence-electron chi connectivity index (χ3n) is 4.05. The van der Waals surface area contributed by atoms with Gasteiger partial charge in [0, 0.05) is 27.4 Å². The second kappa shape index (κ2) is 5.73. The number of hydrogen-bond acceptors (Lipinski definition) is 4. The number of nitrogens with zero attached hydrogens (tertiary/aromatic N) is 1. The van der Waals surface area contributed by atoms with Crippen molar-refractivity contribution >= 4 is 33.2 Å². The fourth-order valence-corrected chi connectivity index (χ4v) is 3.90. The van der Waals surface area contributed by atoms with E-state index in [1.807, 2.05) is 29.6 Å². The number of rotatable bonds is 3. The lowest BCUT2D eigenvalue weighted by Gasteiger charge is -2.19. The molecule has 0 spiro atoms. The van der Waals surface area contributed by atoms with Crippen LogP contribution < -0.4 is 11.1 Å². The van der Waals surface area contributed by atoms with E-state index in [1.54, 1.807) is 11.3 Å². The van der Waals surface area contributed by atoms with Crippen molar-refractivity contribution in [1.82, 2.24) is 5.32 Å². The lowest BCUT2D eigenvalue weighted by Crippen LogP contribution is -2.42. The van der Waals surface area contributed by atoms with Crippen molar-refractivity contribution in [3.05, 3.63) is 35.2 Å². The quantitative estimate of drug-likeness (QED) is 0.352. The van der Waals surface area contributed by atoms with Crippen molar-refractivity contribution in [2.24, 2.45) is 16.8 Å². The number of thiophene rings is 1. The summed E-state index contributed by atoms with van der Waals surface area (Å²) in [5, 5.41) is 17.8. The largest absolute Gasteiger partial charge is 0.409 e. The zero-order valence-electron chi connectivity index (χ0n) is 11.5. The molecule has 110 valence electrons. The van der Waals surface area contributed by atoms with Gasteiger partial charge >= 0.3 is 0 Å². The summed E-state index contributed by atoms with van der Waals surface area (Å²) in [6.07, 6.45) is 2.66. The van der Waals surface area contributed by atoms with Crippen LogP contribution in [0.2, 0.25) is 0 Å². The van der Waals surface area contributed by atoms with E-state index in [1.165, 1.54) is 0 Å². The van der Waals surface area contributed by atoms with E-state index >= 15 is 0 Å². The number of nitrogens with two attached hydrogens (primary N) is 1. The van der Waals surface area contributed by atoms with E-state index in [4.69, 9.17) is 10.9 Å². The number of hydrogen-bond donors (Lipinski definition) is 3. The lowest BCUT2D eigenvalue weighted by atomic mass is 10.0. The second-order valence-corrected chi connectivity index (χ2v) is 6.20. The van der Waals surface area contributed by atoms with Gasteiger partial charge in [-0.3, -0.25) is 4.79 Å². The van der Waals surface area contributed by atoms with Crippen LogP contribution in [0.4, 0.5) is 0 Å². The minimum Gasteiger partial charge on any atom is -0.409 e. The van der Waals surface area contributed by atoms with Crippen LogP contribution in [-0.4, -0.2) is 23.0 Å². The van der Waals surface area contributed by atoms with E-state index in [0.717, 1.165) is 29.3 Å². The number of nitrogens with one attached hydrogen (secondary N) is 1. The van der Waals surface area contributed by atoms with E-state index in [9.17, 15) is 4.79 Å². The molecule has 21 heavy (non-hydrogen) atoms. The van der Waals surface area contributed by atoms with Crippen LogP contribution >= 0.6 is 11.3 Å². The van der Waals surface area contributed by atoms with Crippen molar-refractivity contribution in [3.63, 3.8) is 0 Å². The number of carbonyl (C=O) groups is 1. The molecule has 1 fully saturated rings. The SMILES string of the molecule is NC(=NO)C1CCCC1NC(=O)c1csc2ccccc12. The van der Waals surface area contributed by atoms with Gasteiger partial charge in [0.1, 0.15) is 5.84 Å². The minimum atomic E-state index is -0.0879. The van der Waals surface area contributed by atoms with Crippen LogP contribution in [0, 0.1) is 5.92 Å². The second-order valence-electron chi connectivity index (χ2n) is 5.29. The zero-order chi connectivity index (χ0) is 14.8. The average Bonchev–Trinajstić information content (AvgIpc) is 3.12. The van der Waals surface area contributed by atoms with Crippen molar-refractivity contribution in [2.75, 3.05) is 0 Å². The van der Waals surface area contributed by atoms with Gasteiger partial charge in [-0.25, -0.2) is 0 Å². The summed E-state index contributed by atoms with van der Waals surface area (Å²) in [5.41, 5.74) is 6.40. The first kappa shape index (κ1) is 13.9. The molecule has 0 saturated heterocycles. The Labute approximate surface area is 126 Å². The summed E-state index contributed by atoms with van der Waals surface area (Å²) < 4.78 is 1.10. The summed E-state index contributed by atoms with van der Waals surface area (Å²) in [5.74, 6) is 0.0342. The molecule has 0 aliphatic heterocycles. The van der Waals surface area contributed by atoms with Gasteiger partial charge in [-0.15, -0.1) is 11.3 Å². The molecular formula is C15H17N3O2S. The molecule has 2 unspecified atom stereocenters. The number of amides is 1. The number of oxime groups is 1. The first-order chi connectivity index (χ1) is 10.2. The summed E-state index contributed by atoms with van der Waals surface area (Å²) >= 11 is 1.56. The van der Waals surface area contributed by atoms with E-state index in [0.29, 0.717) is 5.56 Å². The van der Waals surface area contributed by atoms with E-state index in [2.05, 4.69) is 10.5 Å². The predicted octanol–water partition coefficient (Wildman–Crippen LogP) is 2.55. The molecule has 1 aliphatic carbocycles. The van der Waals surface area contributed by atoms with Crippen LogP contribution in [0.15, 0.2) is 34.8 Å². The van der Waals surface area contributed by atoms with Crippen molar-refractivity contribution in [2.45, 2.75) is 25.3 Å². The molecule has 1 aromatic carbocycles. The Bertz CT molecular complexity index is 695. The lowest BCUT2D eigenvalue weighted by molar-refractivity contribution is 0.0935.